The Morgan fingerprint density at radius 1 is 1.11 bits per heavy atom. The van der Waals surface area contributed by atoms with Crippen molar-refractivity contribution in [2.45, 2.75) is 26.8 Å². The predicted octanol–water partition coefficient (Wildman–Crippen LogP) is 5.77. The lowest BCUT2D eigenvalue weighted by Gasteiger charge is -2.14. The van der Waals surface area contributed by atoms with Crippen LogP contribution in [-0.4, -0.2) is 22.3 Å². The van der Waals surface area contributed by atoms with Crippen molar-refractivity contribution < 1.29 is 18.3 Å². The Morgan fingerprint density at radius 2 is 1.93 bits per heavy atom. The third-order valence-corrected chi connectivity index (χ3v) is 4.16. The van der Waals surface area contributed by atoms with E-state index in [1.54, 1.807) is 12.3 Å². The highest BCUT2D eigenvalue weighted by Gasteiger charge is 2.15. The summed E-state index contributed by atoms with van der Waals surface area (Å²) in [6, 6.07) is 6.75. The third-order valence-electron chi connectivity index (χ3n) is 3.89. The third kappa shape index (κ3) is 4.69. The van der Waals surface area contributed by atoms with Crippen LogP contribution in [0.4, 0.5) is 8.78 Å². The Hall–Kier alpha value is -2.34. The average molecular weight is 395 g/mol. The molecule has 0 aliphatic rings. The molecule has 0 N–H and O–H groups in total. The van der Waals surface area contributed by atoms with E-state index in [0.29, 0.717) is 36.3 Å². The van der Waals surface area contributed by atoms with Gasteiger partial charge in [0.15, 0.2) is 23.1 Å². The van der Waals surface area contributed by atoms with Crippen molar-refractivity contribution in [2.75, 3.05) is 12.5 Å². The molecule has 0 radical (unpaired) electrons. The van der Waals surface area contributed by atoms with Gasteiger partial charge in [0.2, 0.25) is 0 Å². The molecule has 0 saturated heterocycles. The summed E-state index contributed by atoms with van der Waals surface area (Å²) in [6.45, 7) is 5.38. The average Bonchev–Trinajstić information content (AvgIpc) is 2.99. The molecule has 1 heterocycles. The second-order valence-electron chi connectivity index (χ2n) is 6.65. The van der Waals surface area contributed by atoms with E-state index in [1.165, 1.54) is 6.07 Å². The monoisotopic (exact) mass is 394 g/mol. The van der Waals surface area contributed by atoms with Gasteiger partial charge >= 0.3 is 0 Å². The summed E-state index contributed by atoms with van der Waals surface area (Å²) >= 11 is 5.72. The molecular formula is C20H21ClF2N2O2. The van der Waals surface area contributed by atoms with Gasteiger partial charge in [-0.05, 0) is 30.5 Å². The number of rotatable bonds is 8. The number of halogens is 3. The summed E-state index contributed by atoms with van der Waals surface area (Å²) in [7, 11) is 0. The van der Waals surface area contributed by atoms with Crippen LogP contribution in [0.15, 0.2) is 36.5 Å². The zero-order valence-electron chi connectivity index (χ0n) is 15.2. The zero-order valence-corrected chi connectivity index (χ0v) is 16.0. The molecule has 4 nitrogen and oxygen atoms in total. The number of benzene rings is 2. The number of aromatic nitrogens is 2. The van der Waals surface area contributed by atoms with Crippen LogP contribution in [-0.2, 0) is 6.54 Å². The number of fused-ring (bicyclic) bond motifs is 1. The Labute approximate surface area is 161 Å². The maximum Gasteiger partial charge on any atom is 0.170 e. The van der Waals surface area contributed by atoms with Crippen LogP contribution in [0, 0.1) is 17.6 Å². The number of nitrogens with zero attached hydrogens (tertiary/aromatic N) is 2. The lowest BCUT2D eigenvalue weighted by atomic mass is 10.2. The number of ether oxygens (including phenoxy) is 2. The van der Waals surface area contributed by atoms with Crippen LogP contribution in [0.2, 0.25) is 0 Å². The first-order chi connectivity index (χ1) is 13.0. The van der Waals surface area contributed by atoms with Crippen molar-refractivity contribution in [1.82, 2.24) is 9.78 Å². The maximum absolute atomic E-state index is 14.0. The molecule has 0 aliphatic heterocycles. The highest BCUT2D eigenvalue weighted by Crippen LogP contribution is 2.37. The van der Waals surface area contributed by atoms with Gasteiger partial charge in [0.25, 0.3) is 0 Å². The minimum atomic E-state index is -0.780. The topological polar surface area (TPSA) is 36.3 Å². The summed E-state index contributed by atoms with van der Waals surface area (Å²) in [5.74, 6) is 0.177. The van der Waals surface area contributed by atoms with Gasteiger partial charge in [0.05, 0.1) is 18.3 Å². The van der Waals surface area contributed by atoms with Crippen molar-refractivity contribution in [3.63, 3.8) is 0 Å². The minimum absolute atomic E-state index is 0.0764. The quantitative estimate of drug-likeness (QED) is 0.359. The Bertz CT molecular complexity index is 928. The lowest BCUT2D eigenvalue weighted by molar-refractivity contribution is 0.301. The Kier molecular flexibility index (Phi) is 6.16. The Morgan fingerprint density at radius 3 is 2.63 bits per heavy atom. The van der Waals surface area contributed by atoms with Crippen molar-refractivity contribution in [3.8, 4) is 17.2 Å². The highest BCUT2D eigenvalue weighted by atomic mass is 35.5. The standard InChI is InChI=1S/C20H21ClF2N2O2/c1-13(2)12-25-17-10-19(26-7-3-6-21)20(8-14(17)11-24-25)27-18-5-4-15(22)9-16(18)23/h4-5,8-11,13H,3,6-7,12H2,1-2H3. The predicted molar refractivity (Wildman–Crippen MR) is 102 cm³/mol. The van der Waals surface area contributed by atoms with Crippen LogP contribution in [0.5, 0.6) is 17.2 Å². The molecule has 1 aromatic heterocycles. The molecule has 0 bridgehead atoms. The molecule has 2 aromatic carbocycles. The first kappa shape index (κ1) is 19.4. The summed E-state index contributed by atoms with van der Waals surface area (Å²) < 4.78 is 40.5. The van der Waals surface area contributed by atoms with E-state index in [9.17, 15) is 8.78 Å². The van der Waals surface area contributed by atoms with E-state index in [4.69, 9.17) is 21.1 Å². The van der Waals surface area contributed by atoms with E-state index in [0.717, 1.165) is 29.6 Å². The number of hydrogen-bond acceptors (Lipinski definition) is 3. The molecule has 7 heteroatoms. The molecule has 3 aromatic rings. The van der Waals surface area contributed by atoms with Gasteiger partial charge in [-0.25, -0.2) is 8.78 Å². The summed E-state index contributed by atoms with van der Waals surface area (Å²) in [6.07, 6.45) is 2.39. The molecule has 0 fully saturated rings. The van der Waals surface area contributed by atoms with Crippen molar-refractivity contribution >= 4 is 22.5 Å². The van der Waals surface area contributed by atoms with Gasteiger partial charge in [0.1, 0.15) is 5.82 Å². The number of hydrogen-bond donors (Lipinski definition) is 0. The van der Waals surface area contributed by atoms with E-state index in [-0.39, 0.29) is 5.75 Å². The minimum Gasteiger partial charge on any atom is -0.490 e. The van der Waals surface area contributed by atoms with E-state index in [2.05, 4.69) is 18.9 Å². The number of alkyl halides is 1. The summed E-state index contributed by atoms with van der Waals surface area (Å²) in [4.78, 5) is 0. The fourth-order valence-corrected chi connectivity index (χ4v) is 2.79. The van der Waals surface area contributed by atoms with Crippen molar-refractivity contribution in [1.29, 1.82) is 0 Å². The summed E-state index contributed by atoms with van der Waals surface area (Å²) in [5, 5.41) is 5.26. The van der Waals surface area contributed by atoms with Crippen molar-refractivity contribution in [3.05, 3.63) is 48.2 Å². The molecule has 27 heavy (non-hydrogen) atoms. The van der Waals surface area contributed by atoms with E-state index in [1.807, 2.05) is 10.7 Å². The van der Waals surface area contributed by atoms with Gasteiger partial charge in [-0.15, -0.1) is 11.6 Å². The van der Waals surface area contributed by atoms with Crippen LogP contribution >= 0.6 is 11.6 Å². The maximum atomic E-state index is 14.0. The van der Waals surface area contributed by atoms with E-state index < -0.39 is 11.6 Å². The molecule has 0 amide bonds. The van der Waals surface area contributed by atoms with Gasteiger partial charge in [-0.3, -0.25) is 4.68 Å². The SMILES string of the molecule is CC(C)Cn1ncc2cc(Oc3ccc(F)cc3F)c(OCCCCl)cc21. The molecule has 0 aliphatic carbocycles. The van der Waals surface area contributed by atoms with Crippen LogP contribution in [0.3, 0.4) is 0 Å². The van der Waals surface area contributed by atoms with E-state index >= 15 is 0 Å². The van der Waals surface area contributed by atoms with Gasteiger partial charge in [-0.2, -0.15) is 5.10 Å². The normalized spacial score (nSPS) is 11.3. The van der Waals surface area contributed by atoms with Crippen LogP contribution in [0.1, 0.15) is 20.3 Å². The fraction of sp³-hybridized carbons (Fsp3) is 0.350. The van der Waals surface area contributed by atoms with Crippen LogP contribution < -0.4 is 9.47 Å². The lowest BCUT2D eigenvalue weighted by Crippen LogP contribution is -2.06. The molecule has 0 saturated carbocycles. The molecule has 0 spiro atoms. The first-order valence-corrected chi connectivity index (χ1v) is 9.32. The molecule has 0 unspecified atom stereocenters. The smallest absolute Gasteiger partial charge is 0.170 e. The fourth-order valence-electron chi connectivity index (χ4n) is 2.68. The Balaban J connectivity index is 1.99. The van der Waals surface area contributed by atoms with Gasteiger partial charge in [0, 0.05) is 29.9 Å². The zero-order chi connectivity index (χ0) is 19.4. The second kappa shape index (κ2) is 8.57. The van der Waals surface area contributed by atoms with Gasteiger partial charge in [-0.1, -0.05) is 13.8 Å². The van der Waals surface area contributed by atoms with Crippen molar-refractivity contribution in [2.24, 2.45) is 5.92 Å². The van der Waals surface area contributed by atoms with Crippen LogP contribution in [0.25, 0.3) is 10.9 Å². The highest BCUT2D eigenvalue weighted by molar-refractivity contribution is 6.17. The molecule has 144 valence electrons. The summed E-state index contributed by atoms with van der Waals surface area (Å²) in [5.41, 5.74) is 0.900. The molecular weight excluding hydrogens is 374 g/mol. The first-order valence-electron chi connectivity index (χ1n) is 8.79. The molecule has 0 atom stereocenters. The molecule has 3 rings (SSSR count). The second-order valence-corrected chi connectivity index (χ2v) is 7.02. The largest absolute Gasteiger partial charge is 0.490 e. The van der Waals surface area contributed by atoms with Gasteiger partial charge < -0.3 is 9.47 Å².